The van der Waals surface area contributed by atoms with E-state index in [0.29, 0.717) is 23.1 Å². The van der Waals surface area contributed by atoms with E-state index in [1.165, 1.54) is 25.7 Å². The van der Waals surface area contributed by atoms with Crippen molar-refractivity contribution in [3.63, 3.8) is 0 Å². The minimum absolute atomic E-state index is 0.0430. The molecule has 0 radical (unpaired) electrons. The van der Waals surface area contributed by atoms with Gasteiger partial charge >= 0.3 is 5.76 Å². The van der Waals surface area contributed by atoms with Crippen LogP contribution >= 0.6 is 0 Å². The van der Waals surface area contributed by atoms with Gasteiger partial charge in [0.25, 0.3) is 0 Å². The maximum atomic E-state index is 12.8. The number of nitrogens with zero attached hydrogens (tertiary/aromatic N) is 2. The van der Waals surface area contributed by atoms with Crippen molar-refractivity contribution in [2.75, 3.05) is 11.9 Å². The Balaban J connectivity index is 1.48. The minimum atomic E-state index is -0.595. The van der Waals surface area contributed by atoms with Gasteiger partial charge in [0.1, 0.15) is 0 Å². The molecule has 1 aliphatic carbocycles. The smallest absolute Gasteiger partial charge is 0.325 e. The lowest BCUT2D eigenvalue weighted by Crippen LogP contribution is -2.44. The maximum absolute atomic E-state index is 12.8. The van der Waals surface area contributed by atoms with E-state index in [1.807, 2.05) is 18.2 Å². The number of anilines is 1. The summed E-state index contributed by atoms with van der Waals surface area (Å²) in [5.41, 5.74) is 1.40. The molecule has 25 heavy (non-hydrogen) atoms. The van der Waals surface area contributed by atoms with Crippen LogP contribution in [0.15, 0.2) is 33.6 Å². The topological polar surface area (TPSA) is 91.2 Å². The third kappa shape index (κ3) is 3.37. The van der Waals surface area contributed by atoms with E-state index in [0.717, 1.165) is 19.4 Å². The number of hydrogen-bond donors (Lipinski definition) is 2. The van der Waals surface area contributed by atoms with Crippen molar-refractivity contribution in [2.24, 2.45) is 0 Å². The fourth-order valence-electron chi connectivity index (χ4n) is 4.07. The molecule has 0 spiro atoms. The van der Waals surface area contributed by atoms with Gasteiger partial charge in [0.2, 0.25) is 5.91 Å². The van der Waals surface area contributed by atoms with Crippen molar-refractivity contribution in [1.82, 2.24) is 15.0 Å². The van der Waals surface area contributed by atoms with E-state index >= 15 is 0 Å². The van der Waals surface area contributed by atoms with Gasteiger partial charge in [-0.15, -0.1) is 0 Å². The molecule has 1 aromatic heterocycles. The second-order valence-corrected chi connectivity index (χ2v) is 6.85. The molecule has 7 nitrogen and oxygen atoms in total. The van der Waals surface area contributed by atoms with Gasteiger partial charge in [-0.2, -0.15) is 0 Å². The first-order chi connectivity index (χ1) is 12.2. The summed E-state index contributed by atoms with van der Waals surface area (Å²) in [5.74, 6) is -0.188. The van der Waals surface area contributed by atoms with Crippen LogP contribution in [-0.2, 0) is 4.79 Å². The molecular formula is C18H22N4O3. The molecule has 0 unspecified atom stereocenters. The highest BCUT2D eigenvalue weighted by molar-refractivity contribution is 5.95. The predicted octanol–water partition coefficient (Wildman–Crippen LogP) is 2.38. The first-order valence-corrected chi connectivity index (χ1v) is 8.94. The molecule has 7 heteroatoms. The van der Waals surface area contributed by atoms with Gasteiger partial charge in [0, 0.05) is 17.3 Å². The molecule has 2 fully saturated rings. The van der Waals surface area contributed by atoms with E-state index in [4.69, 9.17) is 0 Å². The van der Waals surface area contributed by atoms with E-state index in [2.05, 4.69) is 24.9 Å². The van der Waals surface area contributed by atoms with E-state index in [9.17, 15) is 9.59 Å². The molecule has 2 N–H and O–H groups in total. The lowest BCUT2D eigenvalue weighted by Gasteiger charge is -2.29. The molecule has 0 bridgehead atoms. The van der Waals surface area contributed by atoms with Gasteiger partial charge in [-0.25, -0.2) is 4.79 Å². The number of aromatic amines is 1. The second kappa shape index (κ2) is 6.84. The summed E-state index contributed by atoms with van der Waals surface area (Å²) in [6.07, 6.45) is 6.95. The number of carbonyl (C=O) groups is 1. The fraction of sp³-hybridized carbons (Fsp3) is 0.500. The summed E-state index contributed by atoms with van der Waals surface area (Å²) in [6, 6.07) is 7.78. The highest BCUT2D eigenvalue weighted by Crippen LogP contribution is 2.30. The van der Waals surface area contributed by atoms with Crippen LogP contribution in [0.2, 0.25) is 0 Å². The lowest BCUT2D eigenvalue weighted by molar-refractivity contribution is -0.121. The number of likely N-dealkylation sites (tertiary alicyclic amines) is 1. The normalized spacial score (nSPS) is 21.7. The number of aromatic nitrogens is 2. The van der Waals surface area contributed by atoms with Crippen LogP contribution in [0.25, 0.3) is 11.4 Å². The Morgan fingerprint density at radius 2 is 2.08 bits per heavy atom. The molecule has 1 saturated heterocycles. The standard InChI is InChI=1S/C18H22N4O3/c23-17(15-9-4-10-22(15)14-7-1-2-8-14)19-13-6-3-5-12(11-13)16-20-18(24)25-21-16/h3,5-6,11,14-15H,1-2,4,7-10H2,(H,19,23)(H,20,21,24)/t15-/m1/s1. The van der Waals surface area contributed by atoms with Crippen LogP contribution in [0.5, 0.6) is 0 Å². The molecule has 2 aromatic rings. The highest BCUT2D eigenvalue weighted by Gasteiger charge is 2.36. The minimum Gasteiger partial charge on any atom is -0.325 e. The maximum Gasteiger partial charge on any atom is 0.439 e. The molecule has 1 aromatic carbocycles. The van der Waals surface area contributed by atoms with Crippen molar-refractivity contribution in [2.45, 2.75) is 50.6 Å². The Kier molecular flexibility index (Phi) is 4.40. The van der Waals surface area contributed by atoms with E-state index in [1.54, 1.807) is 6.07 Å². The number of H-pyrrole nitrogens is 1. The Hall–Kier alpha value is -2.41. The summed E-state index contributed by atoms with van der Waals surface area (Å²) < 4.78 is 4.54. The molecule has 132 valence electrons. The summed E-state index contributed by atoms with van der Waals surface area (Å²) in [5, 5.41) is 6.71. The molecule has 1 saturated carbocycles. The Morgan fingerprint density at radius 3 is 2.84 bits per heavy atom. The summed E-state index contributed by atoms with van der Waals surface area (Å²) >= 11 is 0. The molecule has 2 heterocycles. The van der Waals surface area contributed by atoms with Gasteiger partial charge in [-0.05, 0) is 44.4 Å². The Morgan fingerprint density at radius 1 is 1.24 bits per heavy atom. The summed E-state index contributed by atoms with van der Waals surface area (Å²) in [4.78, 5) is 28.8. The first-order valence-electron chi connectivity index (χ1n) is 8.94. The Bertz CT molecular complexity index is 806. The van der Waals surface area contributed by atoms with E-state index in [-0.39, 0.29) is 11.9 Å². The average Bonchev–Trinajstić information content (AvgIpc) is 3.36. The monoisotopic (exact) mass is 342 g/mol. The van der Waals surface area contributed by atoms with Crippen LogP contribution in [0, 0.1) is 0 Å². The fourth-order valence-corrected chi connectivity index (χ4v) is 4.07. The van der Waals surface area contributed by atoms with Crippen LogP contribution in [0.4, 0.5) is 5.69 Å². The largest absolute Gasteiger partial charge is 0.439 e. The molecule has 2 aliphatic rings. The van der Waals surface area contributed by atoms with Gasteiger partial charge in [-0.3, -0.25) is 19.2 Å². The first kappa shape index (κ1) is 16.1. The van der Waals surface area contributed by atoms with Gasteiger partial charge < -0.3 is 5.32 Å². The van der Waals surface area contributed by atoms with Crippen LogP contribution < -0.4 is 11.1 Å². The molecule has 4 rings (SSSR count). The van der Waals surface area contributed by atoms with Gasteiger partial charge in [0.05, 0.1) is 6.04 Å². The van der Waals surface area contributed by atoms with Crippen molar-refractivity contribution < 1.29 is 9.32 Å². The van der Waals surface area contributed by atoms with E-state index < -0.39 is 5.76 Å². The third-order valence-electron chi connectivity index (χ3n) is 5.23. The number of benzene rings is 1. The summed E-state index contributed by atoms with van der Waals surface area (Å²) in [7, 11) is 0. The van der Waals surface area contributed by atoms with Crippen molar-refractivity contribution in [3.05, 3.63) is 34.8 Å². The molecule has 1 atom stereocenters. The number of carbonyl (C=O) groups excluding carboxylic acids is 1. The third-order valence-corrected chi connectivity index (χ3v) is 5.23. The molecular weight excluding hydrogens is 320 g/mol. The Labute approximate surface area is 145 Å². The number of nitrogens with one attached hydrogen (secondary N) is 2. The predicted molar refractivity (Wildman–Crippen MR) is 93.2 cm³/mol. The zero-order chi connectivity index (χ0) is 17.2. The van der Waals surface area contributed by atoms with Crippen LogP contribution in [0.1, 0.15) is 38.5 Å². The average molecular weight is 342 g/mol. The number of amides is 1. The van der Waals surface area contributed by atoms with Crippen molar-refractivity contribution >= 4 is 11.6 Å². The number of hydrogen-bond acceptors (Lipinski definition) is 5. The zero-order valence-corrected chi connectivity index (χ0v) is 14.0. The van der Waals surface area contributed by atoms with Crippen LogP contribution in [-0.4, -0.2) is 39.6 Å². The molecule has 1 amide bonds. The number of rotatable bonds is 4. The highest BCUT2D eigenvalue weighted by atomic mass is 16.5. The lowest BCUT2D eigenvalue weighted by atomic mass is 10.1. The summed E-state index contributed by atoms with van der Waals surface area (Å²) in [6.45, 7) is 1.02. The van der Waals surface area contributed by atoms with Crippen molar-refractivity contribution in [1.29, 1.82) is 0 Å². The van der Waals surface area contributed by atoms with Gasteiger partial charge in [-0.1, -0.05) is 30.1 Å². The van der Waals surface area contributed by atoms with Crippen LogP contribution in [0.3, 0.4) is 0 Å². The second-order valence-electron chi connectivity index (χ2n) is 6.85. The molecule has 1 aliphatic heterocycles. The SMILES string of the molecule is O=C(Nc1cccc(-c2noc(=O)[nH]2)c1)[C@H]1CCCN1C1CCCC1. The quantitative estimate of drug-likeness (QED) is 0.890. The van der Waals surface area contributed by atoms with Gasteiger partial charge in [0.15, 0.2) is 5.82 Å². The zero-order valence-electron chi connectivity index (χ0n) is 14.0. The van der Waals surface area contributed by atoms with Crippen molar-refractivity contribution in [3.8, 4) is 11.4 Å².